The van der Waals surface area contributed by atoms with Gasteiger partial charge in [-0.2, -0.15) is 4.98 Å². The van der Waals surface area contributed by atoms with Gasteiger partial charge in [-0.3, -0.25) is 4.79 Å². The number of aromatic nitrogens is 3. The third-order valence-electron chi connectivity index (χ3n) is 7.80. The van der Waals surface area contributed by atoms with Crippen molar-refractivity contribution in [3.8, 4) is 17.4 Å². The minimum Gasteiger partial charge on any atom is -0.481 e. The number of carboxylic acid groups (broad SMARTS) is 1. The standard InChI is InChI=1S/C28H25Cl2N5O5/c1-13-16-7-15(12-40-27-19(29)3-4-24(33-27)39-2)35(25(13)16)22-10-21-17(9-20(22)30)26(36)18(28(37)38)11-34(21)14-5-6-32-23(31)8-14/h3-6,8-11,13,15-16,25H,7,12H2,1-2H3,(H2,31,32)(H,37,38). The summed E-state index contributed by atoms with van der Waals surface area (Å²) in [7, 11) is 1.52. The van der Waals surface area contributed by atoms with E-state index >= 15 is 0 Å². The Kier molecular flexibility index (Phi) is 6.47. The maximum atomic E-state index is 13.2. The number of nitrogens with two attached hydrogens (primary N) is 1. The fourth-order valence-electron chi connectivity index (χ4n) is 5.79. The highest BCUT2D eigenvalue weighted by Gasteiger charge is 2.58. The molecule has 3 N–H and O–H groups in total. The summed E-state index contributed by atoms with van der Waals surface area (Å²) in [6, 6.07) is 10.2. The van der Waals surface area contributed by atoms with Gasteiger partial charge in [0.15, 0.2) is 0 Å². The molecule has 1 saturated carbocycles. The molecule has 10 nitrogen and oxygen atoms in total. The summed E-state index contributed by atoms with van der Waals surface area (Å²) in [4.78, 5) is 35.7. The molecule has 2 fully saturated rings. The van der Waals surface area contributed by atoms with E-state index in [0.29, 0.717) is 45.6 Å². The monoisotopic (exact) mass is 581 g/mol. The average molecular weight is 582 g/mol. The number of benzene rings is 1. The number of carboxylic acids is 1. The normalized spacial score (nSPS) is 21.4. The van der Waals surface area contributed by atoms with E-state index in [0.717, 1.165) is 12.1 Å². The number of ether oxygens (including phenoxy) is 2. The van der Waals surface area contributed by atoms with Gasteiger partial charge in [0.05, 0.1) is 35.1 Å². The van der Waals surface area contributed by atoms with Gasteiger partial charge in [0.2, 0.25) is 17.2 Å². The van der Waals surface area contributed by atoms with E-state index in [4.69, 9.17) is 38.4 Å². The number of carbonyl (C=O) groups is 1. The molecule has 1 saturated heterocycles. The predicted molar refractivity (Wildman–Crippen MR) is 152 cm³/mol. The third kappa shape index (κ3) is 4.37. The van der Waals surface area contributed by atoms with Crippen molar-refractivity contribution in [2.45, 2.75) is 25.4 Å². The van der Waals surface area contributed by atoms with Gasteiger partial charge in [0.25, 0.3) is 0 Å². The summed E-state index contributed by atoms with van der Waals surface area (Å²) in [5, 5.41) is 10.6. The third-order valence-corrected chi connectivity index (χ3v) is 8.39. The first-order valence-electron chi connectivity index (χ1n) is 12.6. The van der Waals surface area contributed by atoms with Gasteiger partial charge in [-0.25, -0.2) is 9.78 Å². The molecule has 4 atom stereocenters. The van der Waals surface area contributed by atoms with E-state index in [1.165, 1.54) is 19.5 Å². The van der Waals surface area contributed by atoms with Crippen LogP contribution < -0.4 is 25.5 Å². The first-order valence-corrected chi connectivity index (χ1v) is 13.4. The molecule has 0 spiro atoms. The molecule has 4 unspecified atom stereocenters. The summed E-state index contributed by atoms with van der Waals surface area (Å²) < 4.78 is 12.9. The Morgan fingerprint density at radius 2 is 2.00 bits per heavy atom. The van der Waals surface area contributed by atoms with Crippen molar-refractivity contribution in [1.29, 1.82) is 0 Å². The average Bonchev–Trinajstić information content (AvgIpc) is 3.37. The summed E-state index contributed by atoms with van der Waals surface area (Å²) in [6.07, 6.45) is 3.71. The fraction of sp³-hybridized carbons (Fsp3) is 0.286. The maximum Gasteiger partial charge on any atom is 0.341 e. The first kappa shape index (κ1) is 26.2. The summed E-state index contributed by atoms with van der Waals surface area (Å²) >= 11 is 13.1. The predicted octanol–water partition coefficient (Wildman–Crippen LogP) is 4.67. The molecule has 1 aliphatic carbocycles. The van der Waals surface area contributed by atoms with E-state index in [1.54, 1.807) is 34.9 Å². The lowest BCUT2D eigenvalue weighted by molar-refractivity contribution is 0.0695. The minimum absolute atomic E-state index is 0.0414. The molecule has 206 valence electrons. The van der Waals surface area contributed by atoms with Crippen molar-refractivity contribution in [3.05, 3.63) is 74.6 Å². The number of rotatable bonds is 7. The SMILES string of the molecule is COc1ccc(Cl)c(OCC2CC3C(C)C3N2c2cc3c(cc2Cl)c(=O)c(C(=O)O)cn3-c2ccnc(N)c2)n1. The lowest BCUT2D eigenvalue weighted by atomic mass is 10.1. The Hall–Kier alpha value is -4.02. The molecular weight excluding hydrogens is 557 g/mol. The summed E-state index contributed by atoms with van der Waals surface area (Å²) in [5.74, 6) is 0.520. The number of hydrogen-bond donors (Lipinski definition) is 2. The highest BCUT2D eigenvalue weighted by atomic mass is 35.5. The van der Waals surface area contributed by atoms with Gasteiger partial charge >= 0.3 is 5.97 Å². The van der Waals surface area contributed by atoms with Crippen LogP contribution in [0.2, 0.25) is 10.0 Å². The van der Waals surface area contributed by atoms with Crippen molar-refractivity contribution in [3.63, 3.8) is 0 Å². The van der Waals surface area contributed by atoms with Crippen LogP contribution in [0.1, 0.15) is 23.7 Å². The Balaban J connectivity index is 1.45. The van der Waals surface area contributed by atoms with Crippen molar-refractivity contribution < 1.29 is 19.4 Å². The number of anilines is 2. The van der Waals surface area contributed by atoms with Crippen LogP contribution in [0.4, 0.5) is 11.5 Å². The minimum atomic E-state index is -1.33. The Morgan fingerprint density at radius 1 is 1.20 bits per heavy atom. The van der Waals surface area contributed by atoms with E-state index < -0.39 is 11.4 Å². The lowest BCUT2D eigenvalue weighted by Gasteiger charge is -2.32. The lowest BCUT2D eigenvalue weighted by Crippen LogP contribution is -2.39. The molecule has 1 aromatic carbocycles. The molecule has 0 amide bonds. The van der Waals surface area contributed by atoms with E-state index in [9.17, 15) is 14.7 Å². The van der Waals surface area contributed by atoms with Crippen molar-refractivity contribution in [1.82, 2.24) is 14.5 Å². The van der Waals surface area contributed by atoms with Crippen molar-refractivity contribution in [2.75, 3.05) is 24.4 Å². The topological polar surface area (TPSA) is 133 Å². The van der Waals surface area contributed by atoms with Gasteiger partial charge in [-0.05, 0) is 42.5 Å². The molecule has 3 aromatic heterocycles. The maximum absolute atomic E-state index is 13.2. The molecule has 2 aliphatic rings. The van der Waals surface area contributed by atoms with Gasteiger partial charge in [0, 0.05) is 36.0 Å². The van der Waals surface area contributed by atoms with Gasteiger partial charge < -0.3 is 29.8 Å². The number of pyridine rings is 3. The van der Waals surface area contributed by atoms with Crippen molar-refractivity contribution in [2.24, 2.45) is 11.8 Å². The number of nitrogen functional groups attached to an aromatic ring is 1. The van der Waals surface area contributed by atoms with E-state index in [1.807, 2.05) is 6.07 Å². The quantitative estimate of drug-likeness (QED) is 0.319. The molecular formula is C28H25Cl2N5O5. The molecule has 12 heteroatoms. The Morgan fingerprint density at radius 3 is 2.73 bits per heavy atom. The zero-order valence-electron chi connectivity index (χ0n) is 21.5. The molecule has 4 heterocycles. The second kappa shape index (κ2) is 9.87. The van der Waals surface area contributed by atoms with E-state index in [-0.39, 0.29) is 34.7 Å². The second-order valence-electron chi connectivity index (χ2n) is 10.1. The van der Waals surface area contributed by atoms with Gasteiger partial charge in [-0.15, -0.1) is 0 Å². The van der Waals surface area contributed by atoms with Gasteiger partial charge in [-0.1, -0.05) is 30.1 Å². The molecule has 6 rings (SSSR count). The van der Waals surface area contributed by atoms with Crippen LogP contribution >= 0.6 is 23.2 Å². The fourth-order valence-corrected chi connectivity index (χ4v) is 6.22. The van der Waals surface area contributed by atoms with Crippen LogP contribution in [-0.4, -0.2) is 51.4 Å². The number of methoxy groups -OCH3 is 1. The van der Waals surface area contributed by atoms with Crippen LogP contribution in [-0.2, 0) is 0 Å². The zero-order valence-corrected chi connectivity index (χ0v) is 23.1. The Bertz CT molecular complexity index is 1730. The second-order valence-corrected chi connectivity index (χ2v) is 10.9. The van der Waals surface area contributed by atoms with E-state index in [2.05, 4.69) is 21.8 Å². The largest absolute Gasteiger partial charge is 0.481 e. The van der Waals surface area contributed by atoms with Crippen LogP contribution in [0.5, 0.6) is 11.8 Å². The van der Waals surface area contributed by atoms with Crippen LogP contribution in [0.15, 0.2) is 53.6 Å². The summed E-state index contributed by atoms with van der Waals surface area (Å²) in [6.45, 7) is 2.50. The Labute approximate surface area is 238 Å². The number of aromatic carboxylic acids is 1. The number of fused-ring (bicyclic) bond motifs is 2. The highest BCUT2D eigenvalue weighted by molar-refractivity contribution is 6.34. The number of hydrogen-bond acceptors (Lipinski definition) is 8. The molecule has 40 heavy (non-hydrogen) atoms. The smallest absolute Gasteiger partial charge is 0.341 e. The summed E-state index contributed by atoms with van der Waals surface area (Å²) in [5.41, 5.74) is 6.70. The number of nitrogens with zero attached hydrogens (tertiary/aromatic N) is 4. The van der Waals surface area contributed by atoms with Crippen LogP contribution in [0, 0.1) is 11.8 Å². The molecule has 4 aromatic rings. The zero-order chi connectivity index (χ0) is 28.3. The number of piperidine rings is 1. The molecule has 1 aliphatic heterocycles. The number of halogens is 2. The first-order chi connectivity index (χ1) is 19.2. The van der Waals surface area contributed by atoms with Crippen LogP contribution in [0.25, 0.3) is 16.6 Å². The van der Waals surface area contributed by atoms with Crippen molar-refractivity contribution >= 4 is 51.6 Å². The molecule has 0 bridgehead atoms. The van der Waals surface area contributed by atoms with Crippen LogP contribution in [0.3, 0.4) is 0 Å². The highest BCUT2D eigenvalue weighted by Crippen LogP contribution is 2.55. The molecule has 0 radical (unpaired) electrons. The van der Waals surface area contributed by atoms with Gasteiger partial charge in [0.1, 0.15) is 23.0 Å².